The molecule has 0 aromatic carbocycles. The summed E-state index contributed by atoms with van der Waals surface area (Å²) in [6.07, 6.45) is 4.67. The number of carbonyl (C=O) groups is 2. The molecule has 0 aromatic rings. The number of rotatable bonds is 3. The first-order valence-electron chi connectivity index (χ1n) is 7.94. The van der Waals surface area contributed by atoms with Crippen LogP contribution in [0.4, 0.5) is 4.79 Å². The summed E-state index contributed by atoms with van der Waals surface area (Å²) in [6.45, 7) is 7.99. The van der Waals surface area contributed by atoms with Crippen LogP contribution in [0.15, 0.2) is 0 Å². The highest BCUT2D eigenvalue weighted by molar-refractivity contribution is 5.95. The van der Waals surface area contributed by atoms with Crippen LogP contribution in [0.25, 0.3) is 0 Å². The lowest BCUT2D eigenvalue weighted by Crippen LogP contribution is -2.52. The number of hydrogen-bond acceptors (Lipinski definition) is 4. The van der Waals surface area contributed by atoms with Crippen molar-refractivity contribution in [1.29, 1.82) is 0 Å². The fourth-order valence-electron chi connectivity index (χ4n) is 3.27. The monoisotopic (exact) mass is 296 g/mol. The van der Waals surface area contributed by atoms with Gasteiger partial charge < -0.3 is 10.6 Å². The van der Waals surface area contributed by atoms with Gasteiger partial charge in [-0.3, -0.25) is 15.0 Å². The van der Waals surface area contributed by atoms with Crippen molar-refractivity contribution in [3.8, 4) is 0 Å². The Kier molecular flexibility index (Phi) is 5.22. The maximum absolute atomic E-state index is 12.0. The van der Waals surface area contributed by atoms with E-state index in [2.05, 4.69) is 20.9 Å². The molecule has 2 fully saturated rings. The van der Waals surface area contributed by atoms with Crippen molar-refractivity contribution in [3.05, 3.63) is 0 Å². The fraction of sp³-hybridized carbons (Fsp3) is 0.867. The van der Waals surface area contributed by atoms with Crippen molar-refractivity contribution in [1.82, 2.24) is 20.9 Å². The molecule has 0 aliphatic carbocycles. The summed E-state index contributed by atoms with van der Waals surface area (Å²) in [5.41, 5.74) is -0.339. The number of amides is 3. The third-order valence-electron chi connectivity index (χ3n) is 4.07. The van der Waals surface area contributed by atoms with Crippen LogP contribution in [0.1, 0.15) is 46.5 Å². The van der Waals surface area contributed by atoms with Crippen LogP contribution in [0.2, 0.25) is 0 Å². The molecule has 2 atom stereocenters. The van der Waals surface area contributed by atoms with Crippen molar-refractivity contribution in [3.63, 3.8) is 0 Å². The highest BCUT2D eigenvalue weighted by Gasteiger charge is 2.34. The second-order valence-corrected chi connectivity index (χ2v) is 7.14. The van der Waals surface area contributed by atoms with Gasteiger partial charge >= 0.3 is 6.03 Å². The first kappa shape index (κ1) is 16.2. The number of nitrogens with one attached hydrogen (secondary N) is 3. The van der Waals surface area contributed by atoms with Crippen molar-refractivity contribution in [2.24, 2.45) is 0 Å². The van der Waals surface area contributed by atoms with Gasteiger partial charge in [-0.2, -0.15) is 0 Å². The summed E-state index contributed by atoms with van der Waals surface area (Å²) in [7, 11) is 0. The molecule has 2 aliphatic heterocycles. The zero-order valence-electron chi connectivity index (χ0n) is 13.4. The van der Waals surface area contributed by atoms with Gasteiger partial charge in [0.1, 0.15) is 0 Å². The number of likely N-dealkylation sites (tertiary alicyclic amines) is 1. The van der Waals surface area contributed by atoms with Gasteiger partial charge in [0, 0.05) is 17.6 Å². The molecule has 3 N–H and O–H groups in total. The quantitative estimate of drug-likeness (QED) is 0.721. The van der Waals surface area contributed by atoms with E-state index >= 15 is 0 Å². The average Bonchev–Trinajstić information content (AvgIpc) is 2.94. The lowest BCUT2D eigenvalue weighted by atomic mass is 10.0. The minimum Gasteiger partial charge on any atom is -0.333 e. The number of nitrogens with zero attached hydrogens (tertiary/aromatic N) is 1. The second kappa shape index (κ2) is 6.75. The van der Waals surface area contributed by atoms with Crippen LogP contribution in [0, 0.1) is 0 Å². The molecule has 0 spiro atoms. The Bertz CT molecular complexity index is 386. The summed E-state index contributed by atoms with van der Waals surface area (Å²) in [6, 6.07) is 0.523. The molecular weight excluding hydrogens is 268 g/mol. The van der Waals surface area contributed by atoms with Crippen LogP contribution in [-0.4, -0.2) is 54.1 Å². The van der Waals surface area contributed by atoms with E-state index in [-0.39, 0.29) is 11.4 Å². The summed E-state index contributed by atoms with van der Waals surface area (Å²) in [5.74, 6) is -0.221. The van der Waals surface area contributed by atoms with Crippen molar-refractivity contribution < 1.29 is 9.59 Å². The number of hydrogen-bond donors (Lipinski definition) is 3. The van der Waals surface area contributed by atoms with E-state index in [0.29, 0.717) is 18.6 Å². The van der Waals surface area contributed by atoms with Gasteiger partial charge in [-0.25, -0.2) is 4.79 Å². The Morgan fingerprint density at radius 3 is 2.62 bits per heavy atom. The van der Waals surface area contributed by atoms with E-state index in [1.54, 1.807) is 0 Å². The Hall–Kier alpha value is -1.14. The third-order valence-corrected chi connectivity index (χ3v) is 4.07. The fourth-order valence-corrected chi connectivity index (χ4v) is 3.27. The Balaban J connectivity index is 1.80. The number of imide groups is 1. The molecule has 2 unspecified atom stereocenters. The van der Waals surface area contributed by atoms with Crippen molar-refractivity contribution in [2.75, 3.05) is 19.6 Å². The SMILES string of the molecule is CC(C)(C)NC(=O)NC(=O)CN1CCCC1C1CCCN1. The lowest BCUT2D eigenvalue weighted by Gasteiger charge is -2.29. The zero-order valence-corrected chi connectivity index (χ0v) is 13.4. The predicted octanol–water partition coefficient (Wildman–Crippen LogP) is 0.827. The third kappa shape index (κ3) is 4.97. The Morgan fingerprint density at radius 1 is 1.24 bits per heavy atom. The van der Waals surface area contributed by atoms with Gasteiger partial charge in [0.2, 0.25) is 5.91 Å². The molecular formula is C15H28N4O2. The number of urea groups is 1. The molecule has 0 radical (unpaired) electrons. The molecule has 0 saturated carbocycles. The molecule has 0 aromatic heterocycles. The van der Waals surface area contributed by atoms with Gasteiger partial charge in [-0.05, 0) is 59.5 Å². The average molecular weight is 296 g/mol. The summed E-state index contributed by atoms with van der Waals surface area (Å²) >= 11 is 0. The predicted molar refractivity (Wildman–Crippen MR) is 82.0 cm³/mol. The minimum atomic E-state index is -0.415. The van der Waals surface area contributed by atoms with Crippen molar-refractivity contribution >= 4 is 11.9 Å². The van der Waals surface area contributed by atoms with Gasteiger partial charge in [0.25, 0.3) is 0 Å². The Morgan fingerprint density at radius 2 is 2.00 bits per heavy atom. The summed E-state index contributed by atoms with van der Waals surface area (Å²) < 4.78 is 0. The molecule has 2 aliphatic rings. The van der Waals surface area contributed by atoms with E-state index in [9.17, 15) is 9.59 Å². The first-order valence-corrected chi connectivity index (χ1v) is 7.94. The van der Waals surface area contributed by atoms with Crippen LogP contribution >= 0.6 is 0 Å². The standard InChI is InChI=1S/C15H28N4O2/c1-15(2,3)18-14(21)17-13(20)10-19-9-5-7-12(19)11-6-4-8-16-11/h11-12,16H,4-10H2,1-3H3,(H2,17,18,20,21). The maximum Gasteiger partial charge on any atom is 0.321 e. The van der Waals surface area contributed by atoms with Crippen LogP contribution < -0.4 is 16.0 Å². The number of carbonyl (C=O) groups excluding carboxylic acids is 2. The summed E-state index contributed by atoms with van der Waals surface area (Å²) in [4.78, 5) is 25.9. The lowest BCUT2D eigenvalue weighted by molar-refractivity contribution is -0.121. The highest BCUT2D eigenvalue weighted by Crippen LogP contribution is 2.24. The van der Waals surface area contributed by atoms with E-state index in [0.717, 1.165) is 25.9 Å². The van der Waals surface area contributed by atoms with Gasteiger partial charge in [0.05, 0.1) is 6.54 Å². The van der Waals surface area contributed by atoms with Crippen LogP contribution in [0.3, 0.4) is 0 Å². The molecule has 2 saturated heterocycles. The topological polar surface area (TPSA) is 73.5 Å². The molecule has 0 bridgehead atoms. The molecule has 2 heterocycles. The van der Waals surface area contributed by atoms with E-state index < -0.39 is 6.03 Å². The minimum absolute atomic E-state index is 0.221. The van der Waals surface area contributed by atoms with Gasteiger partial charge in [-0.1, -0.05) is 0 Å². The Labute approximate surface area is 127 Å². The second-order valence-electron chi connectivity index (χ2n) is 7.14. The molecule has 120 valence electrons. The van der Waals surface area contributed by atoms with Crippen LogP contribution in [0.5, 0.6) is 0 Å². The highest BCUT2D eigenvalue weighted by atomic mass is 16.2. The van der Waals surface area contributed by atoms with E-state index in [1.807, 2.05) is 20.8 Å². The first-order chi connectivity index (χ1) is 9.85. The van der Waals surface area contributed by atoms with Crippen molar-refractivity contribution in [2.45, 2.75) is 64.1 Å². The van der Waals surface area contributed by atoms with Gasteiger partial charge in [-0.15, -0.1) is 0 Å². The molecule has 3 amide bonds. The molecule has 6 heteroatoms. The molecule has 21 heavy (non-hydrogen) atoms. The summed E-state index contributed by atoms with van der Waals surface area (Å²) in [5, 5.41) is 8.68. The van der Waals surface area contributed by atoms with Gasteiger partial charge in [0.15, 0.2) is 0 Å². The van der Waals surface area contributed by atoms with Crippen LogP contribution in [-0.2, 0) is 4.79 Å². The smallest absolute Gasteiger partial charge is 0.321 e. The molecule has 2 rings (SSSR count). The van der Waals surface area contributed by atoms with E-state index in [1.165, 1.54) is 12.8 Å². The largest absolute Gasteiger partial charge is 0.333 e. The van der Waals surface area contributed by atoms with E-state index in [4.69, 9.17) is 0 Å². The normalized spacial score (nSPS) is 26.8. The maximum atomic E-state index is 12.0. The molecule has 6 nitrogen and oxygen atoms in total. The zero-order chi connectivity index (χ0) is 15.5.